The molecule has 2 aromatic rings. The summed E-state index contributed by atoms with van der Waals surface area (Å²) in [4.78, 5) is 0. The van der Waals surface area contributed by atoms with E-state index in [-0.39, 0.29) is 0 Å². The van der Waals surface area contributed by atoms with Gasteiger partial charge in [0.2, 0.25) is 0 Å². The van der Waals surface area contributed by atoms with Crippen LogP contribution in [-0.4, -0.2) is 7.11 Å². The first-order valence-electron chi connectivity index (χ1n) is 5.75. The molecule has 0 saturated carbocycles. The Kier molecular flexibility index (Phi) is 4.08. The summed E-state index contributed by atoms with van der Waals surface area (Å²) in [5.74, 6) is 0.817. The zero-order valence-corrected chi connectivity index (χ0v) is 12.3. The van der Waals surface area contributed by atoms with E-state index in [0.29, 0.717) is 5.56 Å². The standard InChI is InChI=1S/C15H13BrN2O/c1-10-7-13(19-2)5-6-14(10)18-15-8-12(16)4-3-11(15)9-17/h3-8,18H,1-2H3. The molecule has 0 aliphatic rings. The quantitative estimate of drug-likeness (QED) is 0.913. The van der Waals surface area contributed by atoms with E-state index in [2.05, 4.69) is 27.3 Å². The predicted molar refractivity (Wildman–Crippen MR) is 79.9 cm³/mol. The minimum absolute atomic E-state index is 0.610. The molecule has 96 valence electrons. The Morgan fingerprint density at radius 1 is 1.16 bits per heavy atom. The highest BCUT2D eigenvalue weighted by Gasteiger charge is 2.06. The minimum atomic E-state index is 0.610. The lowest BCUT2D eigenvalue weighted by atomic mass is 10.1. The number of nitrogens with one attached hydrogen (secondary N) is 1. The van der Waals surface area contributed by atoms with Gasteiger partial charge in [0.15, 0.2) is 0 Å². The summed E-state index contributed by atoms with van der Waals surface area (Å²) in [5.41, 5.74) is 3.40. The van der Waals surface area contributed by atoms with Crippen molar-refractivity contribution in [3.63, 3.8) is 0 Å². The molecule has 1 N–H and O–H groups in total. The van der Waals surface area contributed by atoms with E-state index in [9.17, 15) is 0 Å². The molecule has 0 amide bonds. The van der Waals surface area contributed by atoms with E-state index in [1.165, 1.54) is 0 Å². The van der Waals surface area contributed by atoms with E-state index in [1.807, 2.05) is 37.3 Å². The van der Waals surface area contributed by atoms with Crippen LogP contribution in [0.15, 0.2) is 40.9 Å². The molecule has 4 heteroatoms. The van der Waals surface area contributed by atoms with E-state index < -0.39 is 0 Å². The minimum Gasteiger partial charge on any atom is -0.497 e. The fraction of sp³-hybridized carbons (Fsp3) is 0.133. The molecule has 0 atom stereocenters. The number of rotatable bonds is 3. The molecule has 19 heavy (non-hydrogen) atoms. The molecule has 2 rings (SSSR count). The third-order valence-electron chi connectivity index (χ3n) is 2.80. The monoisotopic (exact) mass is 316 g/mol. The van der Waals surface area contributed by atoms with Gasteiger partial charge in [-0.1, -0.05) is 15.9 Å². The average Bonchev–Trinajstić information content (AvgIpc) is 2.41. The number of aryl methyl sites for hydroxylation is 1. The molecule has 0 aromatic heterocycles. The second-order valence-corrected chi connectivity index (χ2v) is 5.02. The van der Waals surface area contributed by atoms with E-state index in [0.717, 1.165) is 27.2 Å². The summed E-state index contributed by atoms with van der Waals surface area (Å²) in [6, 6.07) is 13.5. The number of nitrogens with zero attached hydrogens (tertiary/aromatic N) is 1. The van der Waals surface area contributed by atoms with Crippen molar-refractivity contribution in [3.8, 4) is 11.8 Å². The Hall–Kier alpha value is -1.99. The van der Waals surface area contributed by atoms with Gasteiger partial charge in [0.25, 0.3) is 0 Å². The van der Waals surface area contributed by atoms with Crippen molar-refractivity contribution >= 4 is 27.3 Å². The van der Waals surface area contributed by atoms with Crippen molar-refractivity contribution < 1.29 is 4.74 Å². The number of anilines is 2. The molecule has 0 saturated heterocycles. The normalized spacial score (nSPS) is 9.79. The summed E-state index contributed by atoms with van der Waals surface area (Å²) in [7, 11) is 1.64. The van der Waals surface area contributed by atoms with E-state index in [4.69, 9.17) is 10.00 Å². The number of ether oxygens (including phenoxy) is 1. The van der Waals surface area contributed by atoms with Gasteiger partial charge in [0.1, 0.15) is 11.8 Å². The first-order valence-corrected chi connectivity index (χ1v) is 6.54. The lowest BCUT2D eigenvalue weighted by molar-refractivity contribution is 0.414. The van der Waals surface area contributed by atoms with Gasteiger partial charge in [-0.25, -0.2) is 0 Å². The maximum atomic E-state index is 9.11. The Balaban J connectivity index is 2.36. The van der Waals surface area contributed by atoms with Gasteiger partial charge < -0.3 is 10.1 Å². The van der Waals surface area contributed by atoms with Crippen LogP contribution in [0.4, 0.5) is 11.4 Å². The smallest absolute Gasteiger partial charge is 0.119 e. The van der Waals surface area contributed by atoms with Gasteiger partial charge in [-0.3, -0.25) is 0 Å². The highest BCUT2D eigenvalue weighted by atomic mass is 79.9. The van der Waals surface area contributed by atoms with Crippen molar-refractivity contribution in [2.75, 3.05) is 12.4 Å². The number of benzene rings is 2. The topological polar surface area (TPSA) is 45.0 Å². The first kappa shape index (κ1) is 13.4. The SMILES string of the molecule is COc1ccc(Nc2cc(Br)ccc2C#N)c(C)c1. The molecule has 0 heterocycles. The van der Waals surface area contributed by atoms with Crippen molar-refractivity contribution in [1.29, 1.82) is 5.26 Å². The summed E-state index contributed by atoms with van der Waals surface area (Å²) < 4.78 is 6.11. The third kappa shape index (κ3) is 3.07. The highest BCUT2D eigenvalue weighted by Crippen LogP contribution is 2.28. The van der Waals surface area contributed by atoms with Crippen molar-refractivity contribution in [2.24, 2.45) is 0 Å². The number of hydrogen-bond donors (Lipinski definition) is 1. The largest absolute Gasteiger partial charge is 0.497 e. The maximum Gasteiger partial charge on any atom is 0.119 e. The summed E-state index contributed by atoms with van der Waals surface area (Å²) in [5, 5.41) is 12.4. The number of methoxy groups -OCH3 is 1. The van der Waals surface area contributed by atoms with E-state index in [1.54, 1.807) is 13.2 Å². The first-order chi connectivity index (χ1) is 9.13. The van der Waals surface area contributed by atoms with Gasteiger partial charge in [0, 0.05) is 10.2 Å². The van der Waals surface area contributed by atoms with Crippen LogP contribution in [0, 0.1) is 18.3 Å². The second kappa shape index (κ2) is 5.77. The molecule has 0 fully saturated rings. The third-order valence-corrected chi connectivity index (χ3v) is 3.30. The Morgan fingerprint density at radius 2 is 1.95 bits per heavy atom. The fourth-order valence-electron chi connectivity index (χ4n) is 1.77. The van der Waals surface area contributed by atoms with Crippen molar-refractivity contribution in [1.82, 2.24) is 0 Å². The summed E-state index contributed by atoms with van der Waals surface area (Å²) >= 11 is 3.41. The highest BCUT2D eigenvalue weighted by molar-refractivity contribution is 9.10. The fourth-order valence-corrected chi connectivity index (χ4v) is 2.13. The molecule has 0 aliphatic carbocycles. The molecule has 0 radical (unpaired) electrons. The Bertz CT molecular complexity index is 647. The second-order valence-electron chi connectivity index (χ2n) is 4.11. The van der Waals surface area contributed by atoms with Crippen LogP contribution in [0.5, 0.6) is 5.75 Å². The van der Waals surface area contributed by atoms with Crippen LogP contribution in [-0.2, 0) is 0 Å². The number of hydrogen-bond acceptors (Lipinski definition) is 3. The predicted octanol–water partition coefficient (Wildman–Crippen LogP) is 4.38. The zero-order valence-electron chi connectivity index (χ0n) is 10.7. The molecule has 3 nitrogen and oxygen atoms in total. The summed E-state index contributed by atoms with van der Waals surface area (Å²) in [6.07, 6.45) is 0. The summed E-state index contributed by atoms with van der Waals surface area (Å²) in [6.45, 7) is 1.99. The number of nitriles is 1. The van der Waals surface area contributed by atoms with Crippen molar-refractivity contribution in [3.05, 3.63) is 52.0 Å². The van der Waals surface area contributed by atoms with Crippen LogP contribution >= 0.6 is 15.9 Å². The van der Waals surface area contributed by atoms with Crippen LogP contribution < -0.4 is 10.1 Å². The zero-order chi connectivity index (χ0) is 13.8. The molecule has 0 unspecified atom stereocenters. The number of halogens is 1. The van der Waals surface area contributed by atoms with Crippen molar-refractivity contribution in [2.45, 2.75) is 6.92 Å². The Labute approximate surface area is 121 Å². The molecular formula is C15H13BrN2O. The lowest BCUT2D eigenvalue weighted by Gasteiger charge is -2.12. The van der Waals surface area contributed by atoms with E-state index >= 15 is 0 Å². The van der Waals surface area contributed by atoms with Crippen LogP contribution in [0.2, 0.25) is 0 Å². The molecule has 0 aliphatic heterocycles. The van der Waals surface area contributed by atoms with Crippen LogP contribution in [0.25, 0.3) is 0 Å². The van der Waals surface area contributed by atoms with Gasteiger partial charge in [-0.2, -0.15) is 5.26 Å². The van der Waals surface area contributed by atoms with Crippen LogP contribution in [0.3, 0.4) is 0 Å². The van der Waals surface area contributed by atoms with Gasteiger partial charge in [-0.05, 0) is 48.9 Å². The molecule has 0 spiro atoms. The van der Waals surface area contributed by atoms with Gasteiger partial charge >= 0.3 is 0 Å². The molecule has 2 aromatic carbocycles. The lowest BCUT2D eigenvalue weighted by Crippen LogP contribution is -1.96. The van der Waals surface area contributed by atoms with Gasteiger partial charge in [-0.15, -0.1) is 0 Å². The Morgan fingerprint density at radius 3 is 2.58 bits per heavy atom. The average molecular weight is 317 g/mol. The maximum absolute atomic E-state index is 9.11. The van der Waals surface area contributed by atoms with Gasteiger partial charge in [0.05, 0.1) is 18.4 Å². The molecule has 0 bridgehead atoms. The van der Waals surface area contributed by atoms with Crippen LogP contribution in [0.1, 0.15) is 11.1 Å². The molecular weight excluding hydrogens is 304 g/mol.